The maximum absolute atomic E-state index is 13.5. The van der Waals surface area contributed by atoms with Crippen LogP contribution in [0.15, 0.2) is 54.6 Å². The lowest BCUT2D eigenvalue weighted by Gasteiger charge is -2.19. The Morgan fingerprint density at radius 1 is 0.742 bits per heavy atom. The number of amides is 1. The van der Waals surface area contributed by atoms with Crippen molar-refractivity contribution in [1.82, 2.24) is 5.32 Å². The lowest BCUT2D eigenvalue weighted by Crippen LogP contribution is -2.25. The monoisotopic (exact) mass is 413 g/mol. The number of aryl methyl sites for hydroxylation is 6. The lowest BCUT2D eigenvalue weighted by atomic mass is 9.88. The summed E-state index contributed by atoms with van der Waals surface area (Å²) in [5.74, 6) is -0.258. The van der Waals surface area contributed by atoms with Crippen LogP contribution in [0.25, 0.3) is 11.3 Å². The molecule has 31 heavy (non-hydrogen) atoms. The first-order valence-electron chi connectivity index (χ1n) is 10.6. The summed E-state index contributed by atoms with van der Waals surface area (Å²) in [6.45, 7) is 12.4. The minimum Gasteiger partial charge on any atom is -0.506 e. The van der Waals surface area contributed by atoms with Gasteiger partial charge < -0.3 is 10.4 Å². The number of hydrogen-bond acceptors (Lipinski definition) is 2. The SMILES string of the molecule is Cc1cc(C)c(/C(O)=C(/C(=O)NCc2ccccc2)c2c(C)cc(C)cc2C)c(C)c1. The Morgan fingerprint density at radius 2 is 1.19 bits per heavy atom. The highest BCUT2D eigenvalue weighted by molar-refractivity contribution is 6.26. The molecule has 0 aliphatic rings. The summed E-state index contributed by atoms with van der Waals surface area (Å²) in [6.07, 6.45) is 0. The molecule has 3 aromatic carbocycles. The minimum atomic E-state index is -0.282. The Morgan fingerprint density at radius 3 is 1.68 bits per heavy atom. The molecule has 0 saturated carbocycles. The van der Waals surface area contributed by atoms with Crippen molar-refractivity contribution >= 4 is 17.2 Å². The third kappa shape index (κ3) is 4.88. The van der Waals surface area contributed by atoms with Gasteiger partial charge in [0.15, 0.2) is 0 Å². The second-order valence-electron chi connectivity index (χ2n) is 8.44. The van der Waals surface area contributed by atoms with Gasteiger partial charge in [-0.3, -0.25) is 4.79 Å². The summed E-state index contributed by atoms with van der Waals surface area (Å²) >= 11 is 0. The summed E-state index contributed by atoms with van der Waals surface area (Å²) in [5, 5.41) is 14.5. The quantitative estimate of drug-likeness (QED) is 0.294. The van der Waals surface area contributed by atoms with E-state index < -0.39 is 0 Å². The number of carbonyl (C=O) groups excluding carboxylic acids is 1. The third-order valence-corrected chi connectivity index (χ3v) is 5.60. The maximum Gasteiger partial charge on any atom is 0.255 e. The predicted molar refractivity (Wildman–Crippen MR) is 129 cm³/mol. The topological polar surface area (TPSA) is 49.3 Å². The zero-order valence-electron chi connectivity index (χ0n) is 19.3. The van der Waals surface area contributed by atoms with Gasteiger partial charge in [-0.15, -0.1) is 0 Å². The van der Waals surface area contributed by atoms with Gasteiger partial charge in [0.05, 0.1) is 5.57 Å². The minimum absolute atomic E-state index is 0.0237. The molecule has 3 aromatic rings. The third-order valence-electron chi connectivity index (χ3n) is 5.60. The molecule has 2 N–H and O–H groups in total. The molecule has 0 fully saturated rings. The van der Waals surface area contributed by atoms with E-state index in [-0.39, 0.29) is 11.7 Å². The number of benzene rings is 3. The highest BCUT2D eigenvalue weighted by Crippen LogP contribution is 2.33. The number of hydrogen-bond donors (Lipinski definition) is 2. The second-order valence-corrected chi connectivity index (χ2v) is 8.44. The zero-order chi connectivity index (χ0) is 22.7. The zero-order valence-corrected chi connectivity index (χ0v) is 19.3. The summed E-state index contributed by atoms with van der Waals surface area (Å²) in [7, 11) is 0. The van der Waals surface area contributed by atoms with Crippen molar-refractivity contribution < 1.29 is 9.90 Å². The predicted octanol–water partition coefficient (Wildman–Crippen LogP) is 6.28. The molecule has 0 radical (unpaired) electrons. The first kappa shape index (κ1) is 22.4. The molecule has 0 atom stereocenters. The molecule has 0 aliphatic carbocycles. The first-order chi connectivity index (χ1) is 14.7. The first-order valence-corrected chi connectivity index (χ1v) is 10.6. The Labute approximate surface area is 185 Å². The van der Waals surface area contributed by atoms with Crippen LogP contribution < -0.4 is 5.32 Å². The Hall–Kier alpha value is -3.33. The summed E-state index contributed by atoms with van der Waals surface area (Å²) in [6, 6.07) is 18.0. The Kier molecular flexibility index (Phi) is 6.65. The van der Waals surface area contributed by atoms with E-state index in [0.717, 1.165) is 50.1 Å². The van der Waals surface area contributed by atoms with Crippen molar-refractivity contribution in [3.63, 3.8) is 0 Å². The fourth-order valence-corrected chi connectivity index (χ4v) is 4.46. The molecular weight excluding hydrogens is 382 g/mol. The van der Waals surface area contributed by atoms with Gasteiger partial charge in [0.25, 0.3) is 5.91 Å². The number of aliphatic hydroxyl groups is 1. The molecule has 3 nitrogen and oxygen atoms in total. The van der Waals surface area contributed by atoms with Gasteiger partial charge in [-0.1, -0.05) is 65.7 Å². The van der Waals surface area contributed by atoms with Gasteiger partial charge in [-0.05, 0) is 74.9 Å². The molecule has 0 saturated heterocycles. The average Bonchev–Trinajstić information content (AvgIpc) is 2.68. The standard InChI is InChI=1S/C28H31NO2/c1-17-12-19(3)24(20(4)13-17)26(28(31)29-16-23-10-8-7-9-11-23)27(30)25-21(5)14-18(2)15-22(25)6/h7-15,30H,16H2,1-6H3,(H,29,31)/b27-26-. The number of nitrogens with one attached hydrogen (secondary N) is 1. The highest BCUT2D eigenvalue weighted by atomic mass is 16.3. The van der Waals surface area contributed by atoms with Gasteiger partial charge >= 0.3 is 0 Å². The highest BCUT2D eigenvalue weighted by Gasteiger charge is 2.24. The van der Waals surface area contributed by atoms with Crippen LogP contribution in [0, 0.1) is 41.5 Å². The van der Waals surface area contributed by atoms with Crippen LogP contribution in [0.5, 0.6) is 0 Å². The Balaban J connectivity index is 2.18. The largest absolute Gasteiger partial charge is 0.506 e. The molecule has 0 bridgehead atoms. The number of rotatable bonds is 5. The van der Waals surface area contributed by atoms with Crippen LogP contribution in [0.1, 0.15) is 50.1 Å². The number of aliphatic hydroxyl groups excluding tert-OH is 1. The van der Waals surface area contributed by atoms with Crippen molar-refractivity contribution in [2.24, 2.45) is 0 Å². The molecule has 0 aliphatic heterocycles. The van der Waals surface area contributed by atoms with Gasteiger partial charge in [0.1, 0.15) is 5.76 Å². The lowest BCUT2D eigenvalue weighted by molar-refractivity contribution is -0.115. The molecule has 160 valence electrons. The van der Waals surface area contributed by atoms with E-state index in [9.17, 15) is 9.90 Å². The van der Waals surface area contributed by atoms with Crippen LogP contribution in [0.2, 0.25) is 0 Å². The van der Waals surface area contributed by atoms with Gasteiger partial charge in [0, 0.05) is 12.1 Å². The van der Waals surface area contributed by atoms with Crippen molar-refractivity contribution in [3.8, 4) is 0 Å². The fourth-order valence-electron chi connectivity index (χ4n) is 4.46. The molecule has 3 rings (SSSR count). The Bertz CT molecular complexity index is 1110. The number of carbonyl (C=O) groups is 1. The molecule has 0 aromatic heterocycles. The summed E-state index contributed by atoms with van der Waals surface area (Å²) < 4.78 is 0. The smallest absolute Gasteiger partial charge is 0.255 e. The van der Waals surface area contributed by atoms with E-state index in [2.05, 4.69) is 17.4 Å². The van der Waals surface area contributed by atoms with Crippen molar-refractivity contribution in [2.45, 2.75) is 48.1 Å². The molecule has 3 heteroatoms. The van der Waals surface area contributed by atoms with Crippen molar-refractivity contribution in [1.29, 1.82) is 0 Å². The maximum atomic E-state index is 13.5. The van der Waals surface area contributed by atoms with Crippen molar-refractivity contribution in [2.75, 3.05) is 0 Å². The molecule has 0 spiro atoms. The van der Waals surface area contributed by atoms with Gasteiger partial charge in [-0.25, -0.2) is 0 Å². The van der Waals surface area contributed by atoms with E-state index in [4.69, 9.17) is 0 Å². The van der Waals surface area contributed by atoms with Gasteiger partial charge in [-0.2, -0.15) is 0 Å². The average molecular weight is 414 g/mol. The van der Waals surface area contributed by atoms with E-state index in [1.807, 2.05) is 84.0 Å². The molecular formula is C28H31NO2. The van der Waals surface area contributed by atoms with Crippen LogP contribution in [0.4, 0.5) is 0 Å². The summed E-state index contributed by atoms with van der Waals surface area (Å²) in [4.78, 5) is 13.5. The molecule has 1 amide bonds. The fraction of sp³-hybridized carbons (Fsp3) is 0.250. The van der Waals surface area contributed by atoms with E-state index >= 15 is 0 Å². The van der Waals surface area contributed by atoms with Crippen molar-refractivity contribution in [3.05, 3.63) is 105 Å². The van der Waals surface area contributed by atoms with Gasteiger partial charge in [0.2, 0.25) is 0 Å². The van der Waals surface area contributed by atoms with Crippen LogP contribution in [-0.4, -0.2) is 11.0 Å². The summed E-state index contributed by atoms with van der Waals surface area (Å²) in [5.41, 5.74) is 8.93. The normalized spacial score (nSPS) is 11.8. The van der Waals surface area contributed by atoms with E-state index in [1.165, 1.54) is 0 Å². The second kappa shape index (κ2) is 9.22. The van der Waals surface area contributed by atoms with Crippen LogP contribution >= 0.6 is 0 Å². The van der Waals surface area contributed by atoms with E-state index in [0.29, 0.717) is 12.1 Å². The van der Waals surface area contributed by atoms with Crippen LogP contribution in [0.3, 0.4) is 0 Å². The van der Waals surface area contributed by atoms with E-state index in [1.54, 1.807) is 0 Å². The molecule has 0 heterocycles. The molecule has 0 unspecified atom stereocenters. The van der Waals surface area contributed by atoms with Crippen LogP contribution in [-0.2, 0) is 11.3 Å².